The number of halogens is 1. The zero-order chi connectivity index (χ0) is 18.1. The standard InChI is InChI=1S/C12H16BrN3.C4H4O4/c1-3-16(2)5-4-9-7-14-12-11(9)6-10(13)8-15-12;5-3(6)1-2-4(7)8/h6-8H,3-5H2,1-2H3,(H,14,15);1-2H,(H,5,6)(H,7,8)/b;2-1+. The number of carboxylic acids is 2. The fraction of sp³-hybridized carbons (Fsp3) is 0.312. The van der Waals surface area contributed by atoms with Crippen molar-refractivity contribution in [2.24, 2.45) is 0 Å². The van der Waals surface area contributed by atoms with E-state index in [1.807, 2.05) is 6.20 Å². The van der Waals surface area contributed by atoms with Crippen molar-refractivity contribution in [3.63, 3.8) is 0 Å². The van der Waals surface area contributed by atoms with Gasteiger partial charge in [0.25, 0.3) is 0 Å². The number of hydrogen-bond donors (Lipinski definition) is 3. The molecule has 0 fully saturated rings. The molecular weight excluding hydrogens is 378 g/mol. The average Bonchev–Trinajstić information content (AvgIpc) is 2.93. The lowest BCUT2D eigenvalue weighted by Gasteiger charge is -2.12. The quantitative estimate of drug-likeness (QED) is 0.646. The molecule has 8 heteroatoms. The van der Waals surface area contributed by atoms with Crippen LogP contribution in [0.1, 0.15) is 12.5 Å². The highest BCUT2D eigenvalue weighted by atomic mass is 79.9. The van der Waals surface area contributed by atoms with E-state index in [2.05, 4.69) is 57.0 Å². The first-order valence-electron chi connectivity index (χ1n) is 7.27. The molecule has 0 aliphatic rings. The van der Waals surface area contributed by atoms with E-state index in [9.17, 15) is 9.59 Å². The Morgan fingerprint density at radius 3 is 2.50 bits per heavy atom. The second-order valence-corrected chi connectivity index (χ2v) is 5.93. The fourth-order valence-corrected chi connectivity index (χ4v) is 2.18. The van der Waals surface area contributed by atoms with Crippen LogP contribution in [-0.4, -0.2) is 57.2 Å². The van der Waals surface area contributed by atoms with Gasteiger partial charge in [-0.3, -0.25) is 0 Å². The molecule has 0 unspecified atom stereocenters. The topological polar surface area (TPSA) is 107 Å². The smallest absolute Gasteiger partial charge is 0.328 e. The van der Waals surface area contributed by atoms with Gasteiger partial charge in [0.1, 0.15) is 5.65 Å². The zero-order valence-electron chi connectivity index (χ0n) is 13.5. The predicted molar refractivity (Wildman–Crippen MR) is 95.1 cm³/mol. The van der Waals surface area contributed by atoms with E-state index in [-0.39, 0.29) is 0 Å². The average molecular weight is 398 g/mol. The van der Waals surface area contributed by atoms with Crippen LogP contribution in [0.5, 0.6) is 0 Å². The number of aromatic nitrogens is 2. The lowest BCUT2D eigenvalue weighted by atomic mass is 10.1. The molecule has 0 saturated carbocycles. The predicted octanol–water partition coefficient (Wildman–Crippen LogP) is 2.53. The van der Waals surface area contributed by atoms with E-state index in [0.717, 1.165) is 29.6 Å². The molecule has 7 nitrogen and oxygen atoms in total. The molecule has 0 aliphatic heterocycles. The Morgan fingerprint density at radius 1 is 1.33 bits per heavy atom. The summed E-state index contributed by atoms with van der Waals surface area (Å²) in [5.41, 5.74) is 2.31. The molecule has 130 valence electrons. The van der Waals surface area contributed by atoms with Crippen LogP contribution in [0.4, 0.5) is 0 Å². The van der Waals surface area contributed by atoms with Gasteiger partial charge < -0.3 is 20.1 Å². The molecule has 0 atom stereocenters. The Balaban J connectivity index is 0.000000307. The van der Waals surface area contributed by atoms with E-state index < -0.39 is 11.9 Å². The van der Waals surface area contributed by atoms with Crippen molar-refractivity contribution in [3.05, 3.63) is 40.6 Å². The van der Waals surface area contributed by atoms with Gasteiger partial charge in [-0.1, -0.05) is 6.92 Å². The van der Waals surface area contributed by atoms with Crippen molar-refractivity contribution >= 4 is 38.9 Å². The first-order chi connectivity index (χ1) is 11.3. The van der Waals surface area contributed by atoms with Gasteiger partial charge >= 0.3 is 11.9 Å². The number of nitrogens with one attached hydrogen (secondary N) is 1. The van der Waals surface area contributed by atoms with Crippen molar-refractivity contribution in [3.8, 4) is 0 Å². The van der Waals surface area contributed by atoms with Crippen molar-refractivity contribution < 1.29 is 19.8 Å². The molecule has 2 aromatic rings. The largest absolute Gasteiger partial charge is 0.478 e. The number of fused-ring (bicyclic) bond motifs is 1. The molecule has 0 aromatic carbocycles. The van der Waals surface area contributed by atoms with Crippen molar-refractivity contribution in [1.29, 1.82) is 0 Å². The van der Waals surface area contributed by atoms with Crippen LogP contribution in [-0.2, 0) is 16.0 Å². The van der Waals surface area contributed by atoms with E-state index in [1.165, 1.54) is 10.9 Å². The molecule has 2 aromatic heterocycles. The molecule has 2 heterocycles. The fourth-order valence-electron chi connectivity index (χ4n) is 1.85. The number of aromatic amines is 1. The van der Waals surface area contributed by atoms with Gasteiger partial charge in [0.2, 0.25) is 0 Å². The Labute approximate surface area is 148 Å². The van der Waals surface area contributed by atoms with Gasteiger partial charge in [-0.15, -0.1) is 0 Å². The summed E-state index contributed by atoms with van der Waals surface area (Å²) < 4.78 is 1.03. The Hall–Kier alpha value is -2.19. The molecular formula is C16H20BrN3O4. The Bertz CT molecular complexity index is 711. The summed E-state index contributed by atoms with van der Waals surface area (Å²) >= 11 is 3.46. The number of nitrogens with zero attached hydrogens (tertiary/aromatic N) is 2. The van der Waals surface area contributed by atoms with E-state index >= 15 is 0 Å². The number of carboxylic acid groups (broad SMARTS) is 2. The number of hydrogen-bond acceptors (Lipinski definition) is 4. The maximum atomic E-state index is 9.55. The lowest BCUT2D eigenvalue weighted by molar-refractivity contribution is -0.134. The van der Waals surface area contributed by atoms with Crippen LogP contribution in [0, 0.1) is 0 Å². The molecule has 0 saturated heterocycles. The summed E-state index contributed by atoms with van der Waals surface area (Å²) in [6.45, 7) is 4.34. The molecule has 0 amide bonds. The minimum Gasteiger partial charge on any atom is -0.478 e. The normalized spacial score (nSPS) is 10.8. The summed E-state index contributed by atoms with van der Waals surface area (Å²) in [7, 11) is 2.14. The third-order valence-corrected chi connectivity index (χ3v) is 3.69. The summed E-state index contributed by atoms with van der Waals surface area (Å²) in [4.78, 5) is 29.0. The highest BCUT2D eigenvalue weighted by Gasteiger charge is 2.06. The summed E-state index contributed by atoms with van der Waals surface area (Å²) in [6, 6.07) is 2.13. The molecule has 0 aliphatic carbocycles. The van der Waals surface area contributed by atoms with E-state index in [1.54, 1.807) is 0 Å². The molecule has 2 rings (SSSR count). The minimum atomic E-state index is -1.26. The molecule has 0 bridgehead atoms. The summed E-state index contributed by atoms with van der Waals surface area (Å²) in [6.07, 6.45) is 6.06. The van der Waals surface area contributed by atoms with Gasteiger partial charge in [0, 0.05) is 40.9 Å². The van der Waals surface area contributed by atoms with Gasteiger partial charge in [0.15, 0.2) is 0 Å². The lowest BCUT2D eigenvalue weighted by Crippen LogP contribution is -2.20. The first-order valence-corrected chi connectivity index (χ1v) is 8.06. The highest BCUT2D eigenvalue weighted by Crippen LogP contribution is 2.20. The second-order valence-electron chi connectivity index (χ2n) is 5.02. The van der Waals surface area contributed by atoms with Crippen LogP contribution in [0.3, 0.4) is 0 Å². The van der Waals surface area contributed by atoms with Crippen molar-refractivity contribution in [2.45, 2.75) is 13.3 Å². The SMILES string of the molecule is CCN(C)CCc1c[nH]c2ncc(Br)cc12.O=C(O)/C=C/C(=O)O. The van der Waals surface area contributed by atoms with Crippen LogP contribution in [0.15, 0.2) is 35.1 Å². The van der Waals surface area contributed by atoms with Crippen molar-refractivity contribution in [2.75, 3.05) is 20.1 Å². The van der Waals surface area contributed by atoms with Gasteiger partial charge in [-0.2, -0.15) is 0 Å². The number of H-pyrrole nitrogens is 1. The number of rotatable bonds is 6. The van der Waals surface area contributed by atoms with Gasteiger partial charge in [0.05, 0.1) is 0 Å². The second kappa shape index (κ2) is 9.84. The summed E-state index contributed by atoms with van der Waals surface area (Å²) in [5.74, 6) is -2.51. The number of carbonyl (C=O) groups is 2. The Kier molecular flexibility index (Phi) is 8.14. The zero-order valence-corrected chi connectivity index (χ0v) is 15.1. The summed E-state index contributed by atoms with van der Waals surface area (Å²) in [5, 5.41) is 16.8. The van der Waals surface area contributed by atoms with Crippen LogP contribution >= 0.6 is 15.9 Å². The minimum absolute atomic E-state index is 0.558. The highest BCUT2D eigenvalue weighted by molar-refractivity contribution is 9.10. The third-order valence-electron chi connectivity index (χ3n) is 3.25. The maximum Gasteiger partial charge on any atom is 0.328 e. The van der Waals surface area contributed by atoms with E-state index in [4.69, 9.17) is 10.2 Å². The number of pyridine rings is 1. The Morgan fingerprint density at radius 2 is 1.96 bits per heavy atom. The molecule has 24 heavy (non-hydrogen) atoms. The number of likely N-dealkylation sites (N-methyl/N-ethyl adjacent to an activating group) is 1. The molecule has 0 radical (unpaired) electrons. The third kappa shape index (κ3) is 6.93. The van der Waals surface area contributed by atoms with Crippen LogP contribution in [0.25, 0.3) is 11.0 Å². The first kappa shape index (κ1) is 19.9. The van der Waals surface area contributed by atoms with E-state index in [0.29, 0.717) is 12.2 Å². The monoisotopic (exact) mass is 397 g/mol. The van der Waals surface area contributed by atoms with Gasteiger partial charge in [-0.25, -0.2) is 14.6 Å². The van der Waals surface area contributed by atoms with Crippen LogP contribution < -0.4 is 0 Å². The molecule has 3 N–H and O–H groups in total. The van der Waals surface area contributed by atoms with Crippen LogP contribution in [0.2, 0.25) is 0 Å². The van der Waals surface area contributed by atoms with Gasteiger partial charge in [-0.05, 0) is 47.6 Å². The van der Waals surface area contributed by atoms with Crippen molar-refractivity contribution in [1.82, 2.24) is 14.9 Å². The molecule has 0 spiro atoms. The maximum absolute atomic E-state index is 9.55. The number of aliphatic carboxylic acids is 2.